The van der Waals surface area contributed by atoms with Crippen LogP contribution in [0.5, 0.6) is 0 Å². The molecule has 3 aromatic heterocycles. The SMILES string of the molecule is Cc1cc(C)n(-c2cccc(NC(=O)c3cnc4ncccn34)c2)n1. The molecule has 25 heavy (non-hydrogen) atoms. The second-order valence-corrected chi connectivity index (χ2v) is 5.78. The van der Waals surface area contributed by atoms with E-state index in [1.807, 2.05) is 48.9 Å². The zero-order valence-corrected chi connectivity index (χ0v) is 13.8. The molecule has 0 saturated heterocycles. The number of aromatic nitrogens is 5. The van der Waals surface area contributed by atoms with E-state index >= 15 is 0 Å². The number of amides is 1. The predicted octanol–water partition coefficient (Wildman–Crippen LogP) is 2.78. The highest BCUT2D eigenvalue weighted by Gasteiger charge is 2.13. The minimum atomic E-state index is -0.244. The van der Waals surface area contributed by atoms with Gasteiger partial charge in [-0.25, -0.2) is 14.6 Å². The van der Waals surface area contributed by atoms with Crippen LogP contribution in [0, 0.1) is 13.8 Å². The molecule has 0 radical (unpaired) electrons. The summed E-state index contributed by atoms with van der Waals surface area (Å²) in [6.45, 7) is 3.95. The molecular weight excluding hydrogens is 316 g/mol. The predicted molar refractivity (Wildman–Crippen MR) is 94.0 cm³/mol. The molecule has 0 bridgehead atoms. The average Bonchev–Trinajstić information content (AvgIpc) is 3.18. The van der Waals surface area contributed by atoms with Crippen LogP contribution < -0.4 is 5.32 Å². The van der Waals surface area contributed by atoms with E-state index in [-0.39, 0.29) is 5.91 Å². The Balaban J connectivity index is 1.64. The molecular formula is C18H16N6O. The van der Waals surface area contributed by atoms with Crippen LogP contribution in [-0.2, 0) is 0 Å². The molecule has 7 nitrogen and oxygen atoms in total. The van der Waals surface area contributed by atoms with Gasteiger partial charge in [-0.2, -0.15) is 5.10 Å². The smallest absolute Gasteiger partial charge is 0.274 e. The lowest BCUT2D eigenvalue weighted by atomic mass is 10.2. The van der Waals surface area contributed by atoms with E-state index in [4.69, 9.17) is 0 Å². The minimum Gasteiger partial charge on any atom is -0.321 e. The Bertz CT molecular complexity index is 1080. The molecule has 1 aromatic carbocycles. The highest BCUT2D eigenvalue weighted by Crippen LogP contribution is 2.17. The fourth-order valence-corrected chi connectivity index (χ4v) is 2.80. The number of rotatable bonds is 3. The Labute approximate surface area is 144 Å². The summed E-state index contributed by atoms with van der Waals surface area (Å²) in [5.41, 5.74) is 4.00. The molecule has 0 atom stereocenters. The van der Waals surface area contributed by atoms with Gasteiger partial charge in [0.1, 0.15) is 5.69 Å². The third-order valence-electron chi connectivity index (χ3n) is 3.88. The van der Waals surface area contributed by atoms with Crippen molar-refractivity contribution < 1.29 is 4.79 Å². The van der Waals surface area contributed by atoms with Crippen molar-refractivity contribution in [2.75, 3.05) is 5.32 Å². The molecule has 1 amide bonds. The van der Waals surface area contributed by atoms with Gasteiger partial charge in [0, 0.05) is 23.8 Å². The lowest BCUT2D eigenvalue weighted by Gasteiger charge is -2.09. The Hall–Kier alpha value is -3.48. The average molecular weight is 332 g/mol. The van der Waals surface area contributed by atoms with Gasteiger partial charge in [-0.3, -0.25) is 9.20 Å². The zero-order chi connectivity index (χ0) is 17.4. The molecule has 0 aliphatic rings. The van der Waals surface area contributed by atoms with Crippen LogP contribution in [0.25, 0.3) is 11.5 Å². The monoisotopic (exact) mass is 332 g/mol. The lowest BCUT2D eigenvalue weighted by molar-refractivity contribution is 0.102. The molecule has 4 aromatic rings. The fourth-order valence-electron chi connectivity index (χ4n) is 2.80. The lowest BCUT2D eigenvalue weighted by Crippen LogP contribution is -2.14. The third-order valence-corrected chi connectivity index (χ3v) is 3.88. The van der Waals surface area contributed by atoms with Crippen molar-refractivity contribution in [3.8, 4) is 5.69 Å². The molecule has 0 spiro atoms. The van der Waals surface area contributed by atoms with E-state index in [0.29, 0.717) is 17.2 Å². The second kappa shape index (κ2) is 5.86. The van der Waals surface area contributed by atoms with Crippen molar-refractivity contribution in [1.82, 2.24) is 24.1 Å². The number of nitrogens with zero attached hydrogens (tertiary/aromatic N) is 5. The normalized spacial score (nSPS) is 11.0. The first-order chi connectivity index (χ1) is 12.1. The molecule has 0 unspecified atom stereocenters. The van der Waals surface area contributed by atoms with Crippen molar-refractivity contribution in [2.45, 2.75) is 13.8 Å². The summed E-state index contributed by atoms with van der Waals surface area (Å²) < 4.78 is 3.50. The molecule has 0 aliphatic heterocycles. The highest BCUT2D eigenvalue weighted by atomic mass is 16.1. The molecule has 124 valence electrons. The summed E-state index contributed by atoms with van der Waals surface area (Å²) in [5, 5.41) is 7.38. The van der Waals surface area contributed by atoms with E-state index in [2.05, 4.69) is 20.4 Å². The summed E-state index contributed by atoms with van der Waals surface area (Å²) in [6, 6.07) is 11.3. The Morgan fingerprint density at radius 1 is 1.12 bits per heavy atom. The van der Waals surface area contributed by atoms with Crippen molar-refractivity contribution >= 4 is 17.4 Å². The standard InChI is InChI=1S/C18H16N6O/c1-12-9-13(2)24(22-12)15-6-3-5-14(10-15)21-17(25)16-11-20-18-19-7-4-8-23(16)18/h3-11H,1-2H3,(H,21,25). The van der Waals surface area contributed by atoms with Gasteiger partial charge in [0.05, 0.1) is 17.6 Å². The van der Waals surface area contributed by atoms with E-state index < -0.39 is 0 Å². The maximum Gasteiger partial charge on any atom is 0.274 e. The van der Waals surface area contributed by atoms with Gasteiger partial charge in [0.25, 0.3) is 5.91 Å². The number of fused-ring (bicyclic) bond motifs is 1. The number of imidazole rings is 1. The van der Waals surface area contributed by atoms with Crippen LogP contribution in [0.3, 0.4) is 0 Å². The number of hydrogen-bond acceptors (Lipinski definition) is 4. The van der Waals surface area contributed by atoms with Crippen molar-refractivity contribution in [3.63, 3.8) is 0 Å². The van der Waals surface area contributed by atoms with Crippen LogP contribution in [-0.4, -0.2) is 30.1 Å². The Kier molecular flexibility index (Phi) is 3.53. The van der Waals surface area contributed by atoms with E-state index in [0.717, 1.165) is 17.1 Å². The molecule has 4 rings (SSSR count). The second-order valence-electron chi connectivity index (χ2n) is 5.78. The van der Waals surface area contributed by atoms with Gasteiger partial charge >= 0.3 is 0 Å². The third kappa shape index (κ3) is 2.76. The number of carbonyl (C=O) groups excluding carboxylic acids is 1. The summed E-state index contributed by atoms with van der Waals surface area (Å²) in [5.74, 6) is 0.245. The van der Waals surface area contributed by atoms with Crippen molar-refractivity contribution in [1.29, 1.82) is 0 Å². The quantitative estimate of drug-likeness (QED) is 0.626. The largest absolute Gasteiger partial charge is 0.321 e. The minimum absolute atomic E-state index is 0.244. The number of hydrogen-bond donors (Lipinski definition) is 1. The van der Waals surface area contributed by atoms with Gasteiger partial charge in [0.15, 0.2) is 0 Å². The van der Waals surface area contributed by atoms with Gasteiger partial charge in [-0.05, 0) is 44.2 Å². The van der Waals surface area contributed by atoms with Crippen LogP contribution in [0.2, 0.25) is 0 Å². The van der Waals surface area contributed by atoms with Crippen LogP contribution in [0.1, 0.15) is 21.9 Å². The highest BCUT2D eigenvalue weighted by molar-refractivity contribution is 6.03. The van der Waals surface area contributed by atoms with Crippen molar-refractivity contribution in [2.24, 2.45) is 0 Å². The first-order valence-corrected chi connectivity index (χ1v) is 7.85. The molecule has 0 saturated carbocycles. The van der Waals surface area contributed by atoms with E-state index in [9.17, 15) is 4.79 Å². The maximum absolute atomic E-state index is 12.6. The fraction of sp³-hybridized carbons (Fsp3) is 0.111. The van der Waals surface area contributed by atoms with Crippen LogP contribution >= 0.6 is 0 Å². The first kappa shape index (κ1) is 15.1. The number of anilines is 1. The number of nitrogens with one attached hydrogen (secondary N) is 1. The van der Waals surface area contributed by atoms with Crippen LogP contribution in [0.15, 0.2) is 55.0 Å². The topological polar surface area (TPSA) is 77.1 Å². The molecule has 3 heterocycles. The number of benzene rings is 1. The molecule has 0 fully saturated rings. The van der Waals surface area contributed by atoms with E-state index in [1.54, 1.807) is 22.9 Å². The Morgan fingerprint density at radius 3 is 2.80 bits per heavy atom. The van der Waals surface area contributed by atoms with Gasteiger partial charge in [-0.15, -0.1) is 0 Å². The van der Waals surface area contributed by atoms with E-state index in [1.165, 1.54) is 6.20 Å². The molecule has 0 aliphatic carbocycles. The maximum atomic E-state index is 12.6. The number of carbonyl (C=O) groups is 1. The van der Waals surface area contributed by atoms with Gasteiger partial charge < -0.3 is 5.32 Å². The number of aryl methyl sites for hydroxylation is 2. The van der Waals surface area contributed by atoms with Crippen molar-refractivity contribution in [3.05, 3.63) is 72.1 Å². The van der Waals surface area contributed by atoms with Gasteiger partial charge in [-0.1, -0.05) is 6.07 Å². The summed E-state index contributed by atoms with van der Waals surface area (Å²) in [7, 11) is 0. The first-order valence-electron chi connectivity index (χ1n) is 7.85. The summed E-state index contributed by atoms with van der Waals surface area (Å²) in [4.78, 5) is 20.8. The molecule has 7 heteroatoms. The molecule has 1 N–H and O–H groups in total. The van der Waals surface area contributed by atoms with Crippen LogP contribution in [0.4, 0.5) is 5.69 Å². The zero-order valence-electron chi connectivity index (χ0n) is 13.8. The Morgan fingerprint density at radius 2 is 2.00 bits per heavy atom. The summed E-state index contributed by atoms with van der Waals surface area (Å²) in [6.07, 6.45) is 4.92. The summed E-state index contributed by atoms with van der Waals surface area (Å²) >= 11 is 0. The van der Waals surface area contributed by atoms with Gasteiger partial charge in [0.2, 0.25) is 5.78 Å².